The number of hydrogen-bond acceptors (Lipinski definition) is 2. The van der Waals surface area contributed by atoms with E-state index in [1.807, 2.05) is 0 Å². The first kappa shape index (κ1) is 16.0. The molecule has 1 aromatic heterocycles. The molecule has 122 valence electrons. The number of alkyl halides is 3. The van der Waals surface area contributed by atoms with E-state index < -0.39 is 23.8 Å². The van der Waals surface area contributed by atoms with Crippen molar-refractivity contribution in [1.29, 1.82) is 0 Å². The Bertz CT molecular complexity index is 771. The van der Waals surface area contributed by atoms with Gasteiger partial charge in [-0.15, -0.1) is 0 Å². The Morgan fingerprint density at radius 2 is 2.13 bits per heavy atom. The van der Waals surface area contributed by atoms with E-state index in [9.17, 15) is 23.1 Å². The number of fused-ring (bicyclic) bond motifs is 1. The topological polar surface area (TPSA) is 55.1 Å². The molecule has 1 N–H and O–H groups in total. The van der Waals surface area contributed by atoms with Crippen molar-refractivity contribution in [1.82, 2.24) is 9.78 Å². The minimum Gasteiger partial charge on any atom is -0.481 e. The molecule has 0 fully saturated rings. The number of carboxylic acids is 1. The van der Waals surface area contributed by atoms with E-state index >= 15 is 0 Å². The number of aliphatic carboxylic acids is 1. The lowest BCUT2D eigenvalue weighted by molar-refractivity contribution is -0.142. The Morgan fingerprint density at radius 1 is 1.39 bits per heavy atom. The van der Waals surface area contributed by atoms with Crippen molar-refractivity contribution >= 4 is 21.9 Å². The maximum absolute atomic E-state index is 13.3. The first-order valence-electron chi connectivity index (χ1n) is 6.96. The van der Waals surface area contributed by atoms with Crippen LogP contribution < -0.4 is 0 Å². The van der Waals surface area contributed by atoms with Gasteiger partial charge in [0.15, 0.2) is 5.69 Å². The normalized spacial score (nSPS) is 17.8. The summed E-state index contributed by atoms with van der Waals surface area (Å²) in [7, 11) is 0. The Labute approximate surface area is 138 Å². The van der Waals surface area contributed by atoms with Crippen molar-refractivity contribution < 1.29 is 23.1 Å². The van der Waals surface area contributed by atoms with Gasteiger partial charge < -0.3 is 5.11 Å². The molecule has 1 aromatic carbocycles. The minimum atomic E-state index is -4.61. The van der Waals surface area contributed by atoms with Crippen molar-refractivity contribution in [3.63, 3.8) is 0 Å². The second kappa shape index (κ2) is 5.67. The molecule has 0 spiro atoms. The zero-order valence-electron chi connectivity index (χ0n) is 11.8. The fraction of sp³-hybridized carbons (Fsp3) is 0.333. The summed E-state index contributed by atoms with van der Waals surface area (Å²) in [4.78, 5) is 11.5. The van der Waals surface area contributed by atoms with Crippen LogP contribution in [0.2, 0.25) is 0 Å². The lowest BCUT2D eigenvalue weighted by atomic mass is 9.86. The number of aromatic nitrogens is 2. The van der Waals surface area contributed by atoms with Crippen LogP contribution in [-0.2, 0) is 17.4 Å². The summed E-state index contributed by atoms with van der Waals surface area (Å²) in [5.74, 6) is -2.11. The molecule has 0 amide bonds. The third kappa shape index (κ3) is 2.87. The molecule has 1 atom stereocenters. The highest BCUT2D eigenvalue weighted by molar-refractivity contribution is 9.10. The molecule has 0 saturated heterocycles. The fourth-order valence-electron chi connectivity index (χ4n) is 2.96. The standard InChI is InChI=1S/C15H12BrF3N2O2/c16-8-3-1-4-9(7-8)21-12-10(13(20-21)15(17,18)19)5-2-6-11(12)14(22)23/h1,3-4,7,11H,2,5-6H2,(H,22,23). The number of halogens is 4. The highest BCUT2D eigenvalue weighted by Crippen LogP contribution is 2.41. The zero-order valence-corrected chi connectivity index (χ0v) is 13.4. The van der Waals surface area contributed by atoms with Crippen LogP contribution in [0.15, 0.2) is 28.7 Å². The van der Waals surface area contributed by atoms with Crippen molar-refractivity contribution in [2.45, 2.75) is 31.4 Å². The van der Waals surface area contributed by atoms with Crippen molar-refractivity contribution in [3.05, 3.63) is 45.7 Å². The molecule has 23 heavy (non-hydrogen) atoms. The van der Waals surface area contributed by atoms with Gasteiger partial charge in [-0.05, 0) is 37.5 Å². The van der Waals surface area contributed by atoms with E-state index in [0.717, 1.165) is 4.68 Å². The molecule has 0 radical (unpaired) electrons. The molecule has 1 heterocycles. The molecular formula is C15H12BrF3N2O2. The summed E-state index contributed by atoms with van der Waals surface area (Å²) < 4.78 is 41.6. The molecule has 8 heteroatoms. The number of carbonyl (C=O) groups is 1. The molecule has 0 saturated carbocycles. The maximum Gasteiger partial charge on any atom is 0.435 e. The molecule has 1 unspecified atom stereocenters. The highest BCUT2D eigenvalue weighted by atomic mass is 79.9. The van der Waals surface area contributed by atoms with Gasteiger partial charge in [0.2, 0.25) is 0 Å². The largest absolute Gasteiger partial charge is 0.481 e. The van der Waals surface area contributed by atoms with Crippen LogP contribution in [0.25, 0.3) is 5.69 Å². The first-order chi connectivity index (χ1) is 10.8. The van der Waals surface area contributed by atoms with Gasteiger partial charge in [0.25, 0.3) is 0 Å². The average molecular weight is 389 g/mol. The zero-order chi connectivity index (χ0) is 16.8. The fourth-order valence-corrected chi connectivity index (χ4v) is 3.35. The van der Waals surface area contributed by atoms with E-state index in [0.29, 0.717) is 23.0 Å². The summed E-state index contributed by atoms with van der Waals surface area (Å²) in [6.45, 7) is 0. The van der Waals surface area contributed by atoms with Gasteiger partial charge in [0, 0.05) is 10.0 Å². The Balaban J connectivity index is 2.27. The van der Waals surface area contributed by atoms with E-state index in [4.69, 9.17) is 0 Å². The van der Waals surface area contributed by atoms with Crippen LogP contribution in [0, 0.1) is 0 Å². The number of carboxylic acid groups (broad SMARTS) is 1. The number of hydrogen-bond donors (Lipinski definition) is 1. The average Bonchev–Trinajstić information content (AvgIpc) is 2.86. The van der Waals surface area contributed by atoms with Crippen LogP contribution in [0.5, 0.6) is 0 Å². The summed E-state index contributed by atoms with van der Waals surface area (Å²) >= 11 is 3.27. The second-order valence-corrected chi connectivity index (χ2v) is 6.30. The minimum absolute atomic E-state index is 0.00359. The van der Waals surface area contributed by atoms with Crippen LogP contribution in [0.1, 0.15) is 35.7 Å². The number of rotatable bonds is 2. The van der Waals surface area contributed by atoms with Crippen molar-refractivity contribution in [2.24, 2.45) is 0 Å². The molecule has 1 aliphatic rings. The van der Waals surface area contributed by atoms with Gasteiger partial charge >= 0.3 is 12.1 Å². The summed E-state index contributed by atoms with van der Waals surface area (Å²) in [6, 6.07) is 6.62. The molecule has 0 aliphatic heterocycles. The SMILES string of the molecule is O=C(O)C1CCCc2c(C(F)(F)F)nn(-c3cccc(Br)c3)c21. The molecule has 2 aromatic rings. The summed E-state index contributed by atoms with van der Waals surface area (Å²) in [5.41, 5.74) is -0.456. The Kier molecular flexibility index (Phi) is 3.95. The first-order valence-corrected chi connectivity index (χ1v) is 7.76. The molecule has 3 rings (SSSR count). The lowest BCUT2D eigenvalue weighted by Gasteiger charge is -2.21. The van der Waals surface area contributed by atoms with E-state index in [-0.39, 0.29) is 17.7 Å². The van der Waals surface area contributed by atoms with E-state index in [2.05, 4.69) is 21.0 Å². The third-order valence-electron chi connectivity index (χ3n) is 3.89. The van der Waals surface area contributed by atoms with E-state index in [1.54, 1.807) is 24.3 Å². The summed E-state index contributed by atoms with van der Waals surface area (Å²) in [5, 5.41) is 13.1. The summed E-state index contributed by atoms with van der Waals surface area (Å²) in [6.07, 6.45) is -3.72. The van der Waals surface area contributed by atoms with Crippen molar-refractivity contribution in [2.75, 3.05) is 0 Å². The quantitative estimate of drug-likeness (QED) is 0.840. The maximum atomic E-state index is 13.3. The van der Waals surface area contributed by atoms with Crippen LogP contribution >= 0.6 is 15.9 Å². The van der Waals surface area contributed by atoms with Gasteiger partial charge in [-0.2, -0.15) is 18.3 Å². The van der Waals surface area contributed by atoms with Crippen molar-refractivity contribution in [3.8, 4) is 5.69 Å². The molecule has 0 bridgehead atoms. The predicted octanol–water partition coefficient (Wildman–Crippen LogP) is 4.16. The monoisotopic (exact) mass is 388 g/mol. The molecular weight excluding hydrogens is 377 g/mol. The number of benzene rings is 1. The lowest BCUT2D eigenvalue weighted by Crippen LogP contribution is -2.21. The Hall–Kier alpha value is -1.83. The van der Waals surface area contributed by atoms with Crippen LogP contribution in [-0.4, -0.2) is 20.9 Å². The van der Waals surface area contributed by atoms with Crippen LogP contribution in [0.3, 0.4) is 0 Å². The highest BCUT2D eigenvalue weighted by Gasteiger charge is 2.43. The van der Waals surface area contributed by atoms with E-state index in [1.165, 1.54) is 0 Å². The Morgan fingerprint density at radius 3 is 2.74 bits per heavy atom. The van der Waals surface area contributed by atoms with Gasteiger partial charge in [0.05, 0.1) is 17.3 Å². The van der Waals surface area contributed by atoms with Gasteiger partial charge in [-0.3, -0.25) is 4.79 Å². The second-order valence-electron chi connectivity index (χ2n) is 5.38. The molecule has 1 aliphatic carbocycles. The predicted molar refractivity (Wildman–Crippen MR) is 79.6 cm³/mol. The van der Waals surface area contributed by atoms with Gasteiger partial charge in [0.1, 0.15) is 0 Å². The van der Waals surface area contributed by atoms with Crippen LogP contribution in [0.4, 0.5) is 13.2 Å². The van der Waals surface area contributed by atoms with Gasteiger partial charge in [-0.25, -0.2) is 4.68 Å². The third-order valence-corrected chi connectivity index (χ3v) is 4.39. The van der Waals surface area contributed by atoms with Gasteiger partial charge in [-0.1, -0.05) is 22.0 Å². The molecule has 4 nitrogen and oxygen atoms in total. The number of nitrogens with zero attached hydrogens (tertiary/aromatic N) is 2. The smallest absolute Gasteiger partial charge is 0.435 e.